The smallest absolute Gasteiger partial charge is 0.384 e. The molecule has 0 aliphatic carbocycles. The van der Waals surface area contributed by atoms with Crippen molar-refractivity contribution >= 4 is 28.9 Å². The number of hydrogen-bond acceptors (Lipinski definition) is 3. The lowest BCUT2D eigenvalue weighted by Crippen LogP contribution is -1.94. The number of hydrogen-bond donors (Lipinski definition) is 0. The van der Waals surface area contributed by atoms with Crippen molar-refractivity contribution in [3.05, 3.63) is 21.3 Å². The van der Waals surface area contributed by atoms with Gasteiger partial charge in [0.25, 0.3) is 0 Å². The number of rotatable bonds is 0. The van der Waals surface area contributed by atoms with Crippen LogP contribution in [0.5, 0.6) is 0 Å². The van der Waals surface area contributed by atoms with Gasteiger partial charge in [0, 0.05) is 5.92 Å². The monoisotopic (exact) mass is 200 g/mol. The quantitative estimate of drug-likeness (QED) is 0.473. The van der Waals surface area contributed by atoms with Gasteiger partial charge in [-0.3, -0.25) is 0 Å². The highest BCUT2D eigenvalue weighted by atomic mass is 35.5. The van der Waals surface area contributed by atoms with Crippen LogP contribution in [0.25, 0.3) is 0 Å². The minimum Gasteiger partial charge on any atom is -0.459 e. The Hall–Kier alpha value is -0.980. The van der Waals surface area contributed by atoms with Gasteiger partial charge in [0.1, 0.15) is 0 Å². The van der Waals surface area contributed by atoms with E-state index in [1.807, 2.05) is 5.38 Å². The molecule has 62 valence electrons. The van der Waals surface area contributed by atoms with Crippen molar-refractivity contribution in [1.29, 1.82) is 0 Å². The molecule has 1 rings (SSSR count). The van der Waals surface area contributed by atoms with Gasteiger partial charge in [0.15, 0.2) is 0 Å². The molecule has 0 N–H and O–H groups in total. The molecule has 0 aliphatic rings. The van der Waals surface area contributed by atoms with Crippen LogP contribution in [-0.4, -0.2) is 13.1 Å². The number of esters is 1. The Labute approximate surface area is 79.1 Å². The van der Waals surface area contributed by atoms with Crippen molar-refractivity contribution < 1.29 is 9.53 Å². The summed E-state index contributed by atoms with van der Waals surface area (Å²) in [5.74, 6) is 4.34. The van der Waals surface area contributed by atoms with Crippen LogP contribution in [-0.2, 0) is 9.53 Å². The average molecular weight is 201 g/mol. The summed E-state index contributed by atoms with van der Waals surface area (Å²) in [5.41, 5.74) is 0. The van der Waals surface area contributed by atoms with E-state index < -0.39 is 5.97 Å². The molecule has 0 aliphatic heterocycles. The lowest BCUT2D eigenvalue weighted by Gasteiger charge is -1.84. The van der Waals surface area contributed by atoms with E-state index in [-0.39, 0.29) is 0 Å². The Balaban J connectivity index is 2.79. The van der Waals surface area contributed by atoms with Crippen LogP contribution in [0.2, 0.25) is 5.02 Å². The number of halogens is 1. The zero-order chi connectivity index (χ0) is 8.97. The molecule has 0 amide bonds. The number of thiophene rings is 1. The van der Waals surface area contributed by atoms with Crippen LogP contribution in [0.3, 0.4) is 0 Å². The largest absolute Gasteiger partial charge is 0.459 e. The molecular formula is C8H5ClO2S. The molecule has 0 aromatic carbocycles. The molecule has 0 unspecified atom stereocenters. The van der Waals surface area contributed by atoms with Crippen molar-refractivity contribution in [3.63, 3.8) is 0 Å². The molecule has 0 saturated heterocycles. The first-order valence-electron chi connectivity index (χ1n) is 3.07. The summed E-state index contributed by atoms with van der Waals surface area (Å²) in [4.78, 5) is 11.3. The molecule has 0 spiro atoms. The second kappa shape index (κ2) is 4.15. The summed E-state index contributed by atoms with van der Waals surface area (Å²) in [6.07, 6.45) is 0. The Bertz CT molecular complexity index is 345. The minimum absolute atomic E-state index is 0.556. The fraction of sp³-hybridized carbons (Fsp3) is 0.125. The van der Waals surface area contributed by atoms with Crippen LogP contribution in [0.4, 0.5) is 0 Å². The fourth-order valence-electron chi connectivity index (χ4n) is 0.542. The summed E-state index contributed by atoms with van der Waals surface area (Å²) in [6.45, 7) is 0. The second-order valence-electron chi connectivity index (χ2n) is 1.84. The van der Waals surface area contributed by atoms with E-state index in [9.17, 15) is 4.79 Å². The predicted octanol–water partition coefficient (Wildman–Crippen LogP) is 1.93. The Morgan fingerprint density at radius 1 is 1.75 bits per heavy atom. The first kappa shape index (κ1) is 9.11. The molecule has 0 radical (unpaired) electrons. The van der Waals surface area contributed by atoms with Crippen LogP contribution >= 0.6 is 22.9 Å². The summed E-state index contributed by atoms with van der Waals surface area (Å²) in [5, 5.41) is 2.38. The van der Waals surface area contributed by atoms with Crippen molar-refractivity contribution in [2.75, 3.05) is 7.11 Å². The molecule has 4 heteroatoms. The van der Waals surface area contributed by atoms with Gasteiger partial charge in [-0.15, -0.1) is 11.3 Å². The highest BCUT2D eigenvalue weighted by molar-refractivity contribution is 7.11. The average Bonchev–Trinajstić information content (AvgIpc) is 2.47. The van der Waals surface area contributed by atoms with E-state index in [4.69, 9.17) is 11.6 Å². The molecule has 1 aromatic rings. The van der Waals surface area contributed by atoms with E-state index in [1.54, 1.807) is 6.07 Å². The van der Waals surface area contributed by atoms with Gasteiger partial charge in [0.05, 0.1) is 17.0 Å². The molecule has 0 saturated carbocycles. The molecule has 0 bridgehead atoms. The van der Waals surface area contributed by atoms with Crippen LogP contribution in [0.1, 0.15) is 4.88 Å². The van der Waals surface area contributed by atoms with Crippen LogP contribution < -0.4 is 0 Å². The van der Waals surface area contributed by atoms with E-state index in [0.29, 0.717) is 9.90 Å². The first-order valence-corrected chi connectivity index (χ1v) is 4.32. The summed E-state index contributed by atoms with van der Waals surface area (Å²) in [6, 6.07) is 1.73. The Kier molecular flexibility index (Phi) is 3.15. The highest BCUT2D eigenvalue weighted by Crippen LogP contribution is 2.20. The summed E-state index contributed by atoms with van der Waals surface area (Å²) in [7, 11) is 1.28. The molecule has 12 heavy (non-hydrogen) atoms. The van der Waals surface area contributed by atoms with Gasteiger partial charge in [-0.05, 0) is 17.4 Å². The van der Waals surface area contributed by atoms with Gasteiger partial charge in [-0.2, -0.15) is 0 Å². The third kappa shape index (κ3) is 2.26. The molecular weight excluding hydrogens is 196 g/mol. The van der Waals surface area contributed by atoms with Crippen molar-refractivity contribution in [3.8, 4) is 11.8 Å². The van der Waals surface area contributed by atoms with Gasteiger partial charge in [-0.1, -0.05) is 11.6 Å². The number of carbonyl (C=O) groups excluding carboxylic acids is 1. The number of carbonyl (C=O) groups is 1. The molecule has 2 nitrogen and oxygen atoms in total. The standard InChI is InChI=1S/C8H5ClO2S/c1-11-8(10)3-2-7-6(9)4-5-12-7/h4-5H,1H3. The van der Waals surface area contributed by atoms with E-state index in [2.05, 4.69) is 16.6 Å². The third-order valence-corrected chi connectivity index (χ3v) is 2.34. The Morgan fingerprint density at radius 3 is 3.00 bits per heavy atom. The first-order chi connectivity index (χ1) is 5.74. The normalized spacial score (nSPS) is 8.50. The number of methoxy groups -OCH3 is 1. The van der Waals surface area contributed by atoms with Crippen molar-refractivity contribution in [2.24, 2.45) is 0 Å². The van der Waals surface area contributed by atoms with E-state index in [1.165, 1.54) is 18.4 Å². The second-order valence-corrected chi connectivity index (χ2v) is 3.16. The molecule has 0 atom stereocenters. The lowest BCUT2D eigenvalue weighted by atomic mass is 10.4. The van der Waals surface area contributed by atoms with Gasteiger partial charge >= 0.3 is 5.97 Å². The van der Waals surface area contributed by atoms with Crippen molar-refractivity contribution in [1.82, 2.24) is 0 Å². The zero-order valence-electron chi connectivity index (χ0n) is 6.26. The summed E-state index contributed by atoms with van der Waals surface area (Å²) >= 11 is 7.11. The number of ether oxygens (including phenoxy) is 1. The predicted molar refractivity (Wildman–Crippen MR) is 48.2 cm³/mol. The van der Waals surface area contributed by atoms with Crippen molar-refractivity contribution in [2.45, 2.75) is 0 Å². The minimum atomic E-state index is -0.556. The maximum Gasteiger partial charge on any atom is 0.384 e. The molecule has 1 heterocycles. The highest BCUT2D eigenvalue weighted by Gasteiger charge is 1.97. The van der Waals surface area contributed by atoms with Crippen LogP contribution in [0, 0.1) is 11.8 Å². The third-order valence-electron chi connectivity index (χ3n) is 1.08. The lowest BCUT2D eigenvalue weighted by molar-refractivity contribution is -0.133. The zero-order valence-corrected chi connectivity index (χ0v) is 7.83. The maximum absolute atomic E-state index is 10.6. The Morgan fingerprint density at radius 2 is 2.50 bits per heavy atom. The van der Waals surface area contributed by atoms with Gasteiger partial charge in [-0.25, -0.2) is 4.79 Å². The van der Waals surface area contributed by atoms with Crippen LogP contribution in [0.15, 0.2) is 11.4 Å². The summed E-state index contributed by atoms with van der Waals surface area (Å²) < 4.78 is 4.34. The maximum atomic E-state index is 10.6. The SMILES string of the molecule is COC(=O)C#Cc1sccc1Cl. The van der Waals surface area contributed by atoms with E-state index >= 15 is 0 Å². The fourth-order valence-corrected chi connectivity index (χ4v) is 1.49. The van der Waals surface area contributed by atoms with E-state index in [0.717, 1.165) is 0 Å². The topological polar surface area (TPSA) is 26.3 Å². The van der Waals surface area contributed by atoms with Gasteiger partial charge in [0.2, 0.25) is 0 Å². The van der Waals surface area contributed by atoms with Gasteiger partial charge < -0.3 is 4.74 Å². The molecule has 0 fully saturated rings. The molecule has 1 aromatic heterocycles.